The SMILES string of the molecule is CCn1ncc(Br)c1C(=O)Nc1ccc(OC)c(Cl)c1. The van der Waals surface area contributed by atoms with Crippen LogP contribution < -0.4 is 10.1 Å². The Labute approximate surface area is 130 Å². The number of carbonyl (C=O) groups is 1. The highest BCUT2D eigenvalue weighted by atomic mass is 79.9. The lowest BCUT2D eigenvalue weighted by Crippen LogP contribution is -2.17. The Bertz CT molecular complexity index is 643. The topological polar surface area (TPSA) is 56.2 Å². The lowest BCUT2D eigenvalue weighted by atomic mass is 10.3. The third kappa shape index (κ3) is 2.96. The van der Waals surface area contributed by atoms with Gasteiger partial charge in [-0.2, -0.15) is 5.10 Å². The van der Waals surface area contributed by atoms with Crippen molar-refractivity contribution in [3.8, 4) is 5.75 Å². The van der Waals surface area contributed by atoms with Gasteiger partial charge in [0, 0.05) is 12.2 Å². The van der Waals surface area contributed by atoms with Gasteiger partial charge in [-0.3, -0.25) is 9.48 Å². The van der Waals surface area contributed by atoms with Crippen molar-refractivity contribution in [3.63, 3.8) is 0 Å². The predicted molar refractivity (Wildman–Crippen MR) is 81.6 cm³/mol. The van der Waals surface area contributed by atoms with E-state index in [0.717, 1.165) is 0 Å². The minimum absolute atomic E-state index is 0.252. The molecule has 7 heteroatoms. The van der Waals surface area contributed by atoms with Crippen molar-refractivity contribution in [3.05, 3.63) is 39.6 Å². The molecule has 0 aliphatic carbocycles. The molecule has 1 N–H and O–H groups in total. The van der Waals surface area contributed by atoms with Crippen LogP contribution in [0.1, 0.15) is 17.4 Å². The van der Waals surface area contributed by atoms with Crippen LogP contribution >= 0.6 is 27.5 Å². The molecule has 0 saturated heterocycles. The third-order valence-electron chi connectivity index (χ3n) is 2.72. The van der Waals surface area contributed by atoms with E-state index in [2.05, 4.69) is 26.3 Å². The van der Waals surface area contributed by atoms with Crippen molar-refractivity contribution in [1.29, 1.82) is 0 Å². The van der Waals surface area contributed by atoms with Gasteiger partial charge in [-0.05, 0) is 41.1 Å². The van der Waals surface area contributed by atoms with Crippen LogP contribution in [0.15, 0.2) is 28.9 Å². The van der Waals surface area contributed by atoms with Crippen LogP contribution in [0.3, 0.4) is 0 Å². The summed E-state index contributed by atoms with van der Waals surface area (Å²) in [6.07, 6.45) is 1.60. The first-order chi connectivity index (χ1) is 9.56. The smallest absolute Gasteiger partial charge is 0.275 e. The van der Waals surface area contributed by atoms with Gasteiger partial charge in [0.15, 0.2) is 0 Å². The van der Waals surface area contributed by atoms with E-state index >= 15 is 0 Å². The number of carbonyl (C=O) groups excluding carboxylic acids is 1. The van der Waals surface area contributed by atoms with E-state index in [1.54, 1.807) is 29.1 Å². The quantitative estimate of drug-likeness (QED) is 0.909. The van der Waals surface area contributed by atoms with E-state index in [9.17, 15) is 4.79 Å². The highest BCUT2D eigenvalue weighted by molar-refractivity contribution is 9.10. The summed E-state index contributed by atoms with van der Waals surface area (Å²) >= 11 is 9.34. The Kier molecular flexibility index (Phi) is 4.67. The molecule has 106 valence electrons. The van der Waals surface area contributed by atoms with Crippen LogP contribution in [0.2, 0.25) is 5.02 Å². The largest absolute Gasteiger partial charge is 0.495 e. The van der Waals surface area contributed by atoms with Gasteiger partial charge in [-0.25, -0.2) is 0 Å². The van der Waals surface area contributed by atoms with Gasteiger partial charge in [0.1, 0.15) is 11.4 Å². The standard InChI is InChI=1S/C13H13BrClN3O2/c1-3-18-12(9(14)7-16-18)13(19)17-8-4-5-11(20-2)10(15)6-8/h4-7H,3H2,1-2H3,(H,17,19). The zero-order chi connectivity index (χ0) is 14.7. The predicted octanol–water partition coefficient (Wildman–Crippen LogP) is 3.58. The molecular formula is C13H13BrClN3O2. The number of halogens is 2. The van der Waals surface area contributed by atoms with E-state index in [0.29, 0.717) is 33.2 Å². The number of ether oxygens (including phenoxy) is 1. The van der Waals surface area contributed by atoms with E-state index in [-0.39, 0.29) is 5.91 Å². The summed E-state index contributed by atoms with van der Waals surface area (Å²) in [4.78, 5) is 12.3. The maximum Gasteiger partial charge on any atom is 0.275 e. The average Bonchev–Trinajstić information content (AvgIpc) is 2.80. The first-order valence-electron chi connectivity index (χ1n) is 5.93. The Morgan fingerprint density at radius 2 is 2.30 bits per heavy atom. The molecule has 0 bridgehead atoms. The van der Waals surface area contributed by atoms with Crippen molar-refractivity contribution >= 4 is 39.1 Å². The lowest BCUT2D eigenvalue weighted by Gasteiger charge is -2.09. The zero-order valence-corrected chi connectivity index (χ0v) is 13.3. The van der Waals surface area contributed by atoms with Crippen molar-refractivity contribution in [2.45, 2.75) is 13.5 Å². The molecule has 0 unspecified atom stereocenters. The van der Waals surface area contributed by atoms with Gasteiger partial charge in [0.05, 0.1) is 22.8 Å². The molecule has 0 spiro atoms. The summed E-state index contributed by atoms with van der Waals surface area (Å²) in [5, 5.41) is 7.33. The van der Waals surface area contributed by atoms with Crippen LogP contribution in [0.25, 0.3) is 0 Å². The molecule has 0 radical (unpaired) electrons. The summed E-state index contributed by atoms with van der Waals surface area (Å²) in [6, 6.07) is 5.06. The molecule has 1 aromatic carbocycles. The van der Waals surface area contributed by atoms with Gasteiger partial charge < -0.3 is 10.1 Å². The molecule has 2 aromatic rings. The van der Waals surface area contributed by atoms with Crippen LogP contribution in [-0.4, -0.2) is 22.8 Å². The average molecular weight is 359 g/mol. The molecule has 1 amide bonds. The molecule has 0 aliphatic rings. The number of amides is 1. The van der Waals surface area contributed by atoms with E-state index in [1.807, 2.05) is 6.92 Å². The zero-order valence-electron chi connectivity index (χ0n) is 11.0. The fourth-order valence-corrected chi connectivity index (χ4v) is 2.50. The van der Waals surface area contributed by atoms with Gasteiger partial charge in [0.2, 0.25) is 0 Å². The van der Waals surface area contributed by atoms with Crippen molar-refractivity contribution in [2.75, 3.05) is 12.4 Å². The summed E-state index contributed by atoms with van der Waals surface area (Å²) in [6.45, 7) is 2.53. The number of rotatable bonds is 4. The molecule has 5 nitrogen and oxygen atoms in total. The normalized spacial score (nSPS) is 10.4. The van der Waals surface area contributed by atoms with E-state index < -0.39 is 0 Å². The molecular weight excluding hydrogens is 346 g/mol. The van der Waals surface area contributed by atoms with Gasteiger partial charge in [0.25, 0.3) is 5.91 Å². The van der Waals surface area contributed by atoms with E-state index in [4.69, 9.17) is 16.3 Å². The fraction of sp³-hybridized carbons (Fsp3) is 0.231. The Balaban J connectivity index is 2.23. The third-order valence-corrected chi connectivity index (χ3v) is 3.59. The molecule has 2 rings (SSSR count). The second kappa shape index (κ2) is 6.28. The van der Waals surface area contributed by atoms with E-state index in [1.165, 1.54) is 7.11 Å². The van der Waals surface area contributed by atoms with Crippen LogP contribution in [0.4, 0.5) is 5.69 Å². The van der Waals surface area contributed by atoms with Crippen LogP contribution in [0, 0.1) is 0 Å². The van der Waals surface area contributed by atoms with Gasteiger partial charge >= 0.3 is 0 Å². The molecule has 0 fully saturated rings. The number of benzene rings is 1. The summed E-state index contributed by atoms with van der Waals surface area (Å²) < 4.78 is 7.33. The number of nitrogens with one attached hydrogen (secondary N) is 1. The Morgan fingerprint density at radius 3 is 2.90 bits per heavy atom. The molecule has 0 aliphatic heterocycles. The van der Waals surface area contributed by atoms with Gasteiger partial charge in [-0.15, -0.1) is 0 Å². The molecule has 20 heavy (non-hydrogen) atoms. The Hall–Kier alpha value is -1.53. The summed E-state index contributed by atoms with van der Waals surface area (Å²) in [5.41, 5.74) is 1.07. The number of nitrogens with zero attached hydrogens (tertiary/aromatic N) is 2. The first-order valence-corrected chi connectivity index (χ1v) is 7.10. The molecule has 0 saturated carbocycles. The lowest BCUT2D eigenvalue weighted by molar-refractivity contribution is 0.101. The van der Waals surface area contributed by atoms with Crippen molar-refractivity contribution in [1.82, 2.24) is 9.78 Å². The number of hydrogen-bond donors (Lipinski definition) is 1. The minimum Gasteiger partial charge on any atom is -0.495 e. The van der Waals surface area contributed by atoms with Gasteiger partial charge in [-0.1, -0.05) is 11.6 Å². The maximum atomic E-state index is 12.3. The second-order valence-electron chi connectivity index (χ2n) is 3.96. The van der Waals surface area contributed by atoms with Crippen molar-refractivity contribution in [2.24, 2.45) is 0 Å². The molecule has 1 aromatic heterocycles. The first kappa shape index (κ1) is 14.9. The van der Waals surface area contributed by atoms with Crippen molar-refractivity contribution < 1.29 is 9.53 Å². The second-order valence-corrected chi connectivity index (χ2v) is 5.22. The number of methoxy groups -OCH3 is 1. The summed E-state index contributed by atoms with van der Waals surface area (Å²) in [5.74, 6) is 0.307. The molecule has 1 heterocycles. The maximum absolute atomic E-state index is 12.3. The fourth-order valence-electron chi connectivity index (χ4n) is 1.76. The monoisotopic (exact) mass is 357 g/mol. The molecule has 0 atom stereocenters. The Morgan fingerprint density at radius 1 is 1.55 bits per heavy atom. The number of anilines is 1. The highest BCUT2D eigenvalue weighted by Gasteiger charge is 2.16. The number of hydrogen-bond acceptors (Lipinski definition) is 3. The van der Waals surface area contributed by atoms with Crippen LogP contribution in [-0.2, 0) is 6.54 Å². The minimum atomic E-state index is -0.252. The highest BCUT2D eigenvalue weighted by Crippen LogP contribution is 2.27. The number of aryl methyl sites for hydroxylation is 1. The van der Waals surface area contributed by atoms with Crippen LogP contribution in [0.5, 0.6) is 5.75 Å². The number of aromatic nitrogens is 2. The summed E-state index contributed by atoms with van der Waals surface area (Å²) in [7, 11) is 1.54.